The van der Waals surface area contributed by atoms with Crippen molar-refractivity contribution in [1.29, 1.82) is 0 Å². The first-order valence-electron chi connectivity index (χ1n) is 6.87. The van der Waals surface area contributed by atoms with E-state index in [0.717, 1.165) is 11.3 Å². The van der Waals surface area contributed by atoms with Gasteiger partial charge in [-0.2, -0.15) is 17.4 Å². The number of ether oxygens (including phenoxy) is 1. The minimum absolute atomic E-state index is 0.208. The SMILES string of the molecule is O=S(=O)(NC1CCOc2ccccc21)N1CCNCC1. The van der Waals surface area contributed by atoms with Crippen molar-refractivity contribution >= 4 is 10.2 Å². The summed E-state index contributed by atoms with van der Waals surface area (Å²) in [6.45, 7) is 2.96. The van der Waals surface area contributed by atoms with Gasteiger partial charge in [0.1, 0.15) is 5.75 Å². The molecular formula is C13H19N3O3S. The predicted octanol–water partition coefficient (Wildman–Crippen LogP) is 0.250. The molecule has 0 spiro atoms. The van der Waals surface area contributed by atoms with E-state index in [9.17, 15) is 8.42 Å². The Morgan fingerprint density at radius 1 is 1.25 bits per heavy atom. The third-order valence-corrected chi connectivity index (χ3v) is 5.29. The van der Waals surface area contributed by atoms with Crippen molar-refractivity contribution < 1.29 is 13.2 Å². The molecule has 0 aliphatic carbocycles. The largest absolute Gasteiger partial charge is 0.493 e. The molecule has 1 saturated heterocycles. The molecule has 2 N–H and O–H groups in total. The number of nitrogens with zero attached hydrogens (tertiary/aromatic N) is 1. The maximum Gasteiger partial charge on any atom is 0.280 e. The summed E-state index contributed by atoms with van der Waals surface area (Å²) >= 11 is 0. The smallest absolute Gasteiger partial charge is 0.280 e. The molecule has 2 heterocycles. The van der Waals surface area contributed by atoms with Gasteiger partial charge >= 0.3 is 0 Å². The maximum atomic E-state index is 12.4. The third kappa shape index (κ3) is 2.80. The first kappa shape index (κ1) is 13.8. The van der Waals surface area contributed by atoms with E-state index in [-0.39, 0.29) is 6.04 Å². The molecule has 0 aromatic heterocycles. The molecule has 3 rings (SSSR count). The second kappa shape index (κ2) is 5.69. The summed E-state index contributed by atoms with van der Waals surface area (Å²) < 4.78 is 34.7. The van der Waals surface area contributed by atoms with Crippen LogP contribution in [0.2, 0.25) is 0 Å². The number of piperazine rings is 1. The first-order valence-corrected chi connectivity index (χ1v) is 8.31. The Bertz CT molecular complexity index is 570. The molecule has 1 aromatic carbocycles. The Labute approximate surface area is 119 Å². The van der Waals surface area contributed by atoms with Crippen LogP contribution in [0.3, 0.4) is 0 Å². The second-order valence-electron chi connectivity index (χ2n) is 5.00. The lowest BCUT2D eigenvalue weighted by molar-refractivity contribution is 0.260. The molecule has 0 radical (unpaired) electrons. The van der Waals surface area contributed by atoms with Crippen LogP contribution in [0.15, 0.2) is 24.3 Å². The van der Waals surface area contributed by atoms with Gasteiger partial charge in [-0.05, 0) is 6.07 Å². The number of para-hydroxylation sites is 1. The van der Waals surface area contributed by atoms with Crippen LogP contribution in [-0.2, 0) is 10.2 Å². The van der Waals surface area contributed by atoms with Gasteiger partial charge in [-0.25, -0.2) is 0 Å². The van der Waals surface area contributed by atoms with E-state index in [0.29, 0.717) is 39.2 Å². The fraction of sp³-hybridized carbons (Fsp3) is 0.538. The molecule has 0 amide bonds. The predicted molar refractivity (Wildman–Crippen MR) is 75.8 cm³/mol. The van der Waals surface area contributed by atoms with Crippen LogP contribution in [0.25, 0.3) is 0 Å². The van der Waals surface area contributed by atoms with E-state index in [1.807, 2.05) is 24.3 Å². The van der Waals surface area contributed by atoms with Crippen LogP contribution in [0.1, 0.15) is 18.0 Å². The Balaban J connectivity index is 1.78. The molecule has 110 valence electrons. The van der Waals surface area contributed by atoms with Gasteiger partial charge in [0.2, 0.25) is 0 Å². The summed E-state index contributed by atoms with van der Waals surface area (Å²) in [4.78, 5) is 0. The van der Waals surface area contributed by atoms with Gasteiger partial charge in [0.05, 0.1) is 12.6 Å². The average Bonchev–Trinajstić information content (AvgIpc) is 2.48. The molecule has 2 aliphatic heterocycles. The lowest BCUT2D eigenvalue weighted by atomic mass is 10.0. The average molecular weight is 297 g/mol. The van der Waals surface area contributed by atoms with E-state index in [2.05, 4.69) is 10.0 Å². The zero-order valence-corrected chi connectivity index (χ0v) is 12.0. The summed E-state index contributed by atoms with van der Waals surface area (Å²) in [7, 11) is -3.44. The Kier molecular flexibility index (Phi) is 3.93. The second-order valence-corrected chi connectivity index (χ2v) is 6.70. The molecule has 7 heteroatoms. The zero-order valence-electron chi connectivity index (χ0n) is 11.2. The minimum atomic E-state index is -3.44. The van der Waals surface area contributed by atoms with Gasteiger partial charge in [-0.1, -0.05) is 18.2 Å². The molecule has 2 aliphatic rings. The summed E-state index contributed by atoms with van der Waals surface area (Å²) in [5.74, 6) is 0.770. The van der Waals surface area contributed by atoms with Crippen molar-refractivity contribution in [3.63, 3.8) is 0 Å². The highest BCUT2D eigenvalue weighted by Gasteiger charge is 2.30. The number of hydrogen-bond donors (Lipinski definition) is 2. The minimum Gasteiger partial charge on any atom is -0.493 e. The van der Waals surface area contributed by atoms with E-state index < -0.39 is 10.2 Å². The monoisotopic (exact) mass is 297 g/mol. The molecule has 1 atom stereocenters. The van der Waals surface area contributed by atoms with Crippen LogP contribution in [0, 0.1) is 0 Å². The summed E-state index contributed by atoms with van der Waals surface area (Å²) in [5.41, 5.74) is 0.914. The van der Waals surface area contributed by atoms with Crippen LogP contribution in [0.5, 0.6) is 5.75 Å². The number of rotatable bonds is 3. The number of hydrogen-bond acceptors (Lipinski definition) is 4. The molecular weight excluding hydrogens is 278 g/mol. The van der Waals surface area contributed by atoms with Crippen molar-refractivity contribution in [2.75, 3.05) is 32.8 Å². The Hall–Kier alpha value is -1.15. The van der Waals surface area contributed by atoms with Gasteiger partial charge in [0.25, 0.3) is 10.2 Å². The van der Waals surface area contributed by atoms with Crippen molar-refractivity contribution in [1.82, 2.24) is 14.3 Å². The van der Waals surface area contributed by atoms with Crippen molar-refractivity contribution in [3.8, 4) is 5.75 Å². The summed E-state index contributed by atoms with van der Waals surface area (Å²) in [6, 6.07) is 7.38. The highest BCUT2D eigenvalue weighted by atomic mass is 32.2. The molecule has 6 nitrogen and oxygen atoms in total. The van der Waals surface area contributed by atoms with Crippen LogP contribution in [0.4, 0.5) is 0 Å². The van der Waals surface area contributed by atoms with Crippen molar-refractivity contribution in [2.45, 2.75) is 12.5 Å². The van der Waals surface area contributed by atoms with E-state index in [4.69, 9.17) is 4.74 Å². The van der Waals surface area contributed by atoms with Crippen LogP contribution >= 0.6 is 0 Å². The number of fused-ring (bicyclic) bond motifs is 1. The Morgan fingerprint density at radius 3 is 2.80 bits per heavy atom. The van der Waals surface area contributed by atoms with Crippen LogP contribution in [-0.4, -0.2) is 45.5 Å². The fourth-order valence-electron chi connectivity index (χ4n) is 2.60. The molecule has 0 saturated carbocycles. The van der Waals surface area contributed by atoms with Gasteiger partial charge in [0, 0.05) is 38.2 Å². The molecule has 1 fully saturated rings. The molecule has 1 aromatic rings. The molecule has 20 heavy (non-hydrogen) atoms. The quantitative estimate of drug-likeness (QED) is 0.839. The normalized spacial score (nSPS) is 23.9. The standard InChI is InChI=1S/C13H19N3O3S/c17-20(18,16-8-6-14-7-9-16)15-12-5-10-19-13-4-2-1-3-11(12)13/h1-4,12,14-15H,5-10H2. The highest BCUT2D eigenvalue weighted by molar-refractivity contribution is 7.87. The summed E-state index contributed by atoms with van der Waals surface area (Å²) in [5, 5.41) is 3.15. The fourth-order valence-corrected chi connectivity index (χ4v) is 4.02. The first-order chi connectivity index (χ1) is 9.67. The molecule has 0 bridgehead atoms. The van der Waals surface area contributed by atoms with Gasteiger partial charge in [-0.15, -0.1) is 0 Å². The third-order valence-electron chi connectivity index (χ3n) is 3.67. The van der Waals surface area contributed by atoms with E-state index in [1.165, 1.54) is 4.31 Å². The van der Waals surface area contributed by atoms with Crippen LogP contribution < -0.4 is 14.8 Å². The number of nitrogens with one attached hydrogen (secondary N) is 2. The van der Waals surface area contributed by atoms with E-state index in [1.54, 1.807) is 0 Å². The highest BCUT2D eigenvalue weighted by Crippen LogP contribution is 2.32. The topological polar surface area (TPSA) is 70.7 Å². The van der Waals surface area contributed by atoms with Crippen molar-refractivity contribution in [3.05, 3.63) is 29.8 Å². The lowest BCUT2D eigenvalue weighted by Gasteiger charge is -2.31. The van der Waals surface area contributed by atoms with Gasteiger partial charge in [-0.3, -0.25) is 0 Å². The van der Waals surface area contributed by atoms with Gasteiger partial charge < -0.3 is 10.1 Å². The number of benzene rings is 1. The maximum absolute atomic E-state index is 12.4. The Morgan fingerprint density at radius 2 is 2.00 bits per heavy atom. The lowest BCUT2D eigenvalue weighted by Crippen LogP contribution is -2.51. The van der Waals surface area contributed by atoms with Gasteiger partial charge in [0.15, 0.2) is 0 Å². The van der Waals surface area contributed by atoms with Crippen molar-refractivity contribution in [2.24, 2.45) is 0 Å². The summed E-state index contributed by atoms with van der Waals surface area (Å²) in [6.07, 6.45) is 0.655. The van der Waals surface area contributed by atoms with E-state index >= 15 is 0 Å². The zero-order chi connectivity index (χ0) is 14.0. The molecule has 1 unspecified atom stereocenters.